The molecule has 2 N–H and O–H groups in total. The van der Waals surface area contributed by atoms with E-state index >= 15 is 0 Å². The maximum absolute atomic E-state index is 12.1. The van der Waals surface area contributed by atoms with Gasteiger partial charge in [-0.3, -0.25) is 9.59 Å². The maximum Gasteiger partial charge on any atom is 0.251 e. The normalized spacial score (nSPS) is 10.4. The molecule has 132 valence electrons. The highest BCUT2D eigenvalue weighted by molar-refractivity contribution is 6.35. The van der Waals surface area contributed by atoms with Gasteiger partial charge in [-0.05, 0) is 61.2 Å². The van der Waals surface area contributed by atoms with Crippen molar-refractivity contribution in [3.8, 4) is 0 Å². The van der Waals surface area contributed by atoms with E-state index in [-0.39, 0.29) is 18.4 Å². The van der Waals surface area contributed by atoms with Gasteiger partial charge >= 0.3 is 0 Å². The highest BCUT2D eigenvalue weighted by atomic mass is 35.5. The fourth-order valence-corrected chi connectivity index (χ4v) is 2.77. The van der Waals surface area contributed by atoms with Gasteiger partial charge in [0.2, 0.25) is 5.91 Å². The number of hydrogen-bond donors (Lipinski definition) is 2. The van der Waals surface area contributed by atoms with E-state index in [0.29, 0.717) is 28.6 Å². The summed E-state index contributed by atoms with van der Waals surface area (Å²) in [6.45, 7) is 4.29. The number of carbonyl (C=O) groups is 2. The maximum atomic E-state index is 12.1. The van der Waals surface area contributed by atoms with Crippen molar-refractivity contribution >= 4 is 35.0 Å². The second kappa shape index (κ2) is 8.88. The van der Waals surface area contributed by atoms with Gasteiger partial charge in [0, 0.05) is 22.2 Å². The lowest BCUT2D eigenvalue weighted by atomic mass is 10.1. The molecule has 0 saturated carbocycles. The molecule has 0 unspecified atom stereocenters. The van der Waals surface area contributed by atoms with Crippen LogP contribution in [0.4, 0.5) is 0 Å². The van der Waals surface area contributed by atoms with Gasteiger partial charge in [-0.15, -0.1) is 0 Å². The zero-order valence-corrected chi connectivity index (χ0v) is 15.7. The lowest BCUT2D eigenvalue weighted by molar-refractivity contribution is -0.120. The molecule has 25 heavy (non-hydrogen) atoms. The topological polar surface area (TPSA) is 58.2 Å². The number of aryl methyl sites for hydroxylation is 2. The molecule has 0 aliphatic heterocycles. The Bertz CT molecular complexity index is 791. The van der Waals surface area contributed by atoms with Crippen molar-refractivity contribution in [1.29, 1.82) is 0 Å². The third-order valence-corrected chi connectivity index (χ3v) is 4.50. The first-order valence-corrected chi connectivity index (χ1v) is 8.68. The molecule has 6 heteroatoms. The molecule has 2 aromatic carbocycles. The Morgan fingerprint density at radius 1 is 0.960 bits per heavy atom. The number of nitrogens with one attached hydrogen (secondary N) is 2. The van der Waals surface area contributed by atoms with Crippen LogP contribution < -0.4 is 10.6 Å². The van der Waals surface area contributed by atoms with Crippen LogP contribution in [0.25, 0.3) is 0 Å². The summed E-state index contributed by atoms with van der Waals surface area (Å²) in [4.78, 5) is 23.9. The minimum absolute atomic E-state index is 0.0693. The number of amides is 2. The van der Waals surface area contributed by atoms with E-state index in [1.807, 2.05) is 32.0 Å². The molecule has 0 fully saturated rings. The molecular weight excluding hydrogens is 359 g/mol. The van der Waals surface area contributed by atoms with E-state index in [1.165, 1.54) is 0 Å². The largest absolute Gasteiger partial charge is 0.354 e. The summed E-state index contributed by atoms with van der Waals surface area (Å²) in [5, 5.41) is 6.52. The predicted octanol–water partition coefficient (Wildman–Crippen LogP) is 3.70. The standard InChI is InChI=1S/C19H20Cl2N2O2/c1-12-3-4-15(9-13(12)2)19(25)23-11-18(24)22-8-7-14-5-6-16(20)10-17(14)21/h3-6,9-10H,7-8,11H2,1-2H3,(H,22,24)(H,23,25). The molecule has 0 heterocycles. The molecule has 0 spiro atoms. The van der Waals surface area contributed by atoms with E-state index in [2.05, 4.69) is 10.6 Å². The zero-order chi connectivity index (χ0) is 18.4. The van der Waals surface area contributed by atoms with Crippen molar-refractivity contribution in [1.82, 2.24) is 10.6 Å². The summed E-state index contributed by atoms with van der Waals surface area (Å²) in [6.07, 6.45) is 0.590. The summed E-state index contributed by atoms with van der Waals surface area (Å²) < 4.78 is 0. The third kappa shape index (κ3) is 5.76. The van der Waals surface area contributed by atoms with Crippen molar-refractivity contribution in [2.75, 3.05) is 13.1 Å². The lowest BCUT2D eigenvalue weighted by Crippen LogP contribution is -2.37. The van der Waals surface area contributed by atoms with Gasteiger partial charge in [-0.25, -0.2) is 0 Å². The molecule has 0 bridgehead atoms. The zero-order valence-electron chi connectivity index (χ0n) is 14.2. The molecule has 0 aliphatic carbocycles. The number of rotatable bonds is 6. The first-order valence-electron chi connectivity index (χ1n) is 7.93. The summed E-state index contributed by atoms with van der Waals surface area (Å²) in [5.74, 6) is -0.513. The van der Waals surface area contributed by atoms with E-state index in [1.54, 1.807) is 18.2 Å². The highest BCUT2D eigenvalue weighted by Crippen LogP contribution is 2.21. The first-order chi connectivity index (χ1) is 11.9. The van der Waals surface area contributed by atoms with Crippen LogP contribution in [-0.4, -0.2) is 24.9 Å². The minimum atomic E-state index is -0.265. The Morgan fingerprint density at radius 2 is 1.72 bits per heavy atom. The molecule has 0 saturated heterocycles. The van der Waals surface area contributed by atoms with Crippen molar-refractivity contribution in [2.45, 2.75) is 20.3 Å². The Hall–Kier alpha value is -2.04. The van der Waals surface area contributed by atoms with Crippen molar-refractivity contribution in [3.63, 3.8) is 0 Å². The van der Waals surface area contributed by atoms with E-state index < -0.39 is 0 Å². The number of hydrogen-bond acceptors (Lipinski definition) is 2. The third-order valence-electron chi connectivity index (χ3n) is 3.91. The number of halogens is 2. The Balaban J connectivity index is 1.76. The lowest BCUT2D eigenvalue weighted by Gasteiger charge is -2.09. The number of carbonyl (C=O) groups excluding carboxylic acids is 2. The van der Waals surface area contributed by atoms with Crippen LogP contribution >= 0.6 is 23.2 Å². The molecule has 0 radical (unpaired) electrons. The molecule has 4 nitrogen and oxygen atoms in total. The minimum Gasteiger partial charge on any atom is -0.354 e. The van der Waals surface area contributed by atoms with E-state index in [9.17, 15) is 9.59 Å². The Morgan fingerprint density at radius 3 is 2.40 bits per heavy atom. The van der Waals surface area contributed by atoms with Crippen LogP contribution in [0.15, 0.2) is 36.4 Å². The van der Waals surface area contributed by atoms with Crippen molar-refractivity contribution in [3.05, 3.63) is 68.7 Å². The smallest absolute Gasteiger partial charge is 0.251 e. The average molecular weight is 379 g/mol. The summed E-state index contributed by atoms with van der Waals surface area (Å²) in [5.41, 5.74) is 3.61. The van der Waals surface area contributed by atoms with Gasteiger partial charge in [-0.2, -0.15) is 0 Å². The first kappa shape index (κ1) is 19.3. The Labute approximate surface area is 157 Å². The van der Waals surface area contributed by atoms with E-state index in [0.717, 1.165) is 16.7 Å². The van der Waals surface area contributed by atoms with Gasteiger partial charge in [0.05, 0.1) is 6.54 Å². The molecular formula is C19H20Cl2N2O2. The molecule has 2 amide bonds. The monoisotopic (exact) mass is 378 g/mol. The SMILES string of the molecule is Cc1ccc(C(=O)NCC(=O)NCCc2ccc(Cl)cc2Cl)cc1C. The molecule has 0 aromatic heterocycles. The van der Waals surface area contributed by atoms with E-state index in [4.69, 9.17) is 23.2 Å². The second-order valence-electron chi connectivity index (χ2n) is 5.82. The fourth-order valence-electron chi connectivity index (χ4n) is 2.27. The fraction of sp³-hybridized carbons (Fsp3) is 0.263. The van der Waals surface area contributed by atoms with Gasteiger partial charge in [0.1, 0.15) is 0 Å². The van der Waals surface area contributed by atoms with Crippen LogP contribution in [0.1, 0.15) is 27.0 Å². The molecule has 0 atom stereocenters. The van der Waals surface area contributed by atoms with Gasteiger partial charge in [-0.1, -0.05) is 35.3 Å². The van der Waals surface area contributed by atoms with Gasteiger partial charge in [0.15, 0.2) is 0 Å². The van der Waals surface area contributed by atoms with Gasteiger partial charge < -0.3 is 10.6 Å². The molecule has 2 aromatic rings. The van der Waals surface area contributed by atoms with Crippen LogP contribution in [0.2, 0.25) is 10.0 Å². The molecule has 2 rings (SSSR count). The van der Waals surface area contributed by atoms with Crippen molar-refractivity contribution < 1.29 is 9.59 Å². The van der Waals surface area contributed by atoms with Crippen LogP contribution in [0.3, 0.4) is 0 Å². The van der Waals surface area contributed by atoms with Crippen LogP contribution in [0, 0.1) is 13.8 Å². The van der Waals surface area contributed by atoms with Crippen LogP contribution in [-0.2, 0) is 11.2 Å². The van der Waals surface area contributed by atoms with Gasteiger partial charge in [0.25, 0.3) is 5.91 Å². The summed E-state index contributed by atoms with van der Waals surface area (Å²) >= 11 is 11.9. The van der Waals surface area contributed by atoms with Crippen molar-refractivity contribution in [2.24, 2.45) is 0 Å². The second-order valence-corrected chi connectivity index (χ2v) is 6.66. The predicted molar refractivity (Wildman–Crippen MR) is 101 cm³/mol. The number of benzene rings is 2. The Kier molecular flexibility index (Phi) is 6.85. The highest BCUT2D eigenvalue weighted by Gasteiger charge is 2.09. The van der Waals surface area contributed by atoms with Crippen LogP contribution in [0.5, 0.6) is 0 Å². The summed E-state index contributed by atoms with van der Waals surface area (Å²) in [7, 11) is 0. The summed E-state index contributed by atoms with van der Waals surface area (Å²) in [6, 6.07) is 10.7. The molecule has 0 aliphatic rings. The quantitative estimate of drug-likeness (QED) is 0.804. The average Bonchev–Trinajstić information content (AvgIpc) is 2.57.